The van der Waals surface area contributed by atoms with Crippen molar-refractivity contribution >= 4 is 28.5 Å². The van der Waals surface area contributed by atoms with Gasteiger partial charge in [0.15, 0.2) is 0 Å². The van der Waals surface area contributed by atoms with Crippen LogP contribution in [-0.4, -0.2) is 41.5 Å². The lowest BCUT2D eigenvalue weighted by Gasteiger charge is -2.40. The van der Waals surface area contributed by atoms with Gasteiger partial charge in [-0.2, -0.15) is 0 Å². The molecule has 0 radical (unpaired) electrons. The van der Waals surface area contributed by atoms with E-state index < -0.39 is 0 Å². The molecule has 2 fully saturated rings. The zero-order valence-electron chi connectivity index (χ0n) is 12.9. The lowest BCUT2D eigenvalue weighted by Crippen LogP contribution is -2.48. The maximum absolute atomic E-state index is 6.10. The molecule has 2 aromatic rings. The van der Waals surface area contributed by atoms with E-state index in [-0.39, 0.29) is 5.60 Å². The van der Waals surface area contributed by atoms with Gasteiger partial charge in [0.05, 0.1) is 11.1 Å². The lowest BCUT2D eigenvalue weighted by molar-refractivity contribution is -0.00630. The molecule has 4 nitrogen and oxygen atoms in total. The standard InChI is InChI=1S/C17H21N3OS/c1-22-13-4-5-15-14(10-13)16(19-12-18-15)20-8-2-6-17(11-20)7-3-9-21-17/h4-5,10,12H,2-3,6-9,11H2,1H3. The van der Waals surface area contributed by atoms with E-state index in [4.69, 9.17) is 4.74 Å². The first-order valence-corrected chi connectivity index (χ1v) is 9.20. The zero-order valence-corrected chi connectivity index (χ0v) is 13.7. The van der Waals surface area contributed by atoms with Gasteiger partial charge in [0, 0.05) is 30.0 Å². The Kier molecular flexibility index (Phi) is 3.70. The number of piperidine rings is 1. The molecule has 1 unspecified atom stereocenters. The Morgan fingerprint density at radius 1 is 1.23 bits per heavy atom. The molecular formula is C17H21N3OS. The van der Waals surface area contributed by atoms with Gasteiger partial charge < -0.3 is 9.64 Å². The molecule has 1 atom stereocenters. The number of benzene rings is 1. The molecule has 116 valence electrons. The Hall–Kier alpha value is -1.33. The first-order chi connectivity index (χ1) is 10.8. The van der Waals surface area contributed by atoms with Crippen LogP contribution in [-0.2, 0) is 4.74 Å². The van der Waals surface area contributed by atoms with Gasteiger partial charge in [-0.05, 0) is 50.1 Å². The van der Waals surface area contributed by atoms with Gasteiger partial charge in [-0.3, -0.25) is 0 Å². The minimum atomic E-state index is 0.0621. The number of aromatic nitrogens is 2. The van der Waals surface area contributed by atoms with Gasteiger partial charge in [0.25, 0.3) is 0 Å². The van der Waals surface area contributed by atoms with Crippen LogP contribution in [0.15, 0.2) is 29.4 Å². The van der Waals surface area contributed by atoms with Gasteiger partial charge in [-0.15, -0.1) is 11.8 Å². The molecule has 2 aliphatic rings. The average molecular weight is 315 g/mol. The van der Waals surface area contributed by atoms with Crippen LogP contribution in [0.1, 0.15) is 25.7 Å². The number of hydrogen-bond acceptors (Lipinski definition) is 5. The van der Waals surface area contributed by atoms with Crippen LogP contribution in [0, 0.1) is 0 Å². The number of nitrogens with zero attached hydrogens (tertiary/aromatic N) is 3. The molecule has 1 spiro atoms. The highest BCUT2D eigenvalue weighted by Crippen LogP contribution is 2.37. The normalized spacial score (nSPS) is 25.2. The number of rotatable bonds is 2. The summed E-state index contributed by atoms with van der Waals surface area (Å²) in [6.45, 7) is 2.93. The van der Waals surface area contributed by atoms with Crippen LogP contribution in [0.4, 0.5) is 5.82 Å². The van der Waals surface area contributed by atoms with Gasteiger partial charge >= 0.3 is 0 Å². The van der Waals surface area contributed by atoms with E-state index in [9.17, 15) is 0 Å². The van der Waals surface area contributed by atoms with Crippen molar-refractivity contribution in [3.8, 4) is 0 Å². The van der Waals surface area contributed by atoms with Crippen LogP contribution in [0.25, 0.3) is 10.9 Å². The molecule has 22 heavy (non-hydrogen) atoms. The first-order valence-electron chi connectivity index (χ1n) is 7.97. The highest BCUT2D eigenvalue weighted by Gasteiger charge is 2.39. The summed E-state index contributed by atoms with van der Waals surface area (Å²) >= 11 is 1.76. The minimum Gasteiger partial charge on any atom is -0.373 e. The Labute approximate surface area is 135 Å². The largest absolute Gasteiger partial charge is 0.373 e. The number of anilines is 1. The molecule has 1 aromatic heterocycles. The molecule has 0 bridgehead atoms. The highest BCUT2D eigenvalue weighted by molar-refractivity contribution is 7.98. The summed E-state index contributed by atoms with van der Waals surface area (Å²) in [5.74, 6) is 1.07. The van der Waals surface area contributed by atoms with E-state index in [1.54, 1.807) is 18.1 Å². The van der Waals surface area contributed by atoms with Crippen molar-refractivity contribution in [2.75, 3.05) is 30.9 Å². The molecule has 0 amide bonds. The van der Waals surface area contributed by atoms with E-state index in [2.05, 4.69) is 39.3 Å². The SMILES string of the molecule is CSc1ccc2ncnc(N3CCCC4(CCCO4)C3)c2c1. The molecule has 0 saturated carbocycles. The summed E-state index contributed by atoms with van der Waals surface area (Å²) < 4.78 is 6.10. The molecule has 1 aromatic carbocycles. The fourth-order valence-corrected chi connectivity index (χ4v) is 4.20. The molecule has 0 N–H and O–H groups in total. The third kappa shape index (κ3) is 2.46. The van der Waals surface area contributed by atoms with Crippen LogP contribution in [0.2, 0.25) is 0 Å². The molecule has 3 heterocycles. The number of hydrogen-bond donors (Lipinski definition) is 0. The fourth-order valence-electron chi connectivity index (χ4n) is 3.76. The third-order valence-electron chi connectivity index (χ3n) is 4.85. The second-order valence-corrected chi connectivity index (χ2v) is 7.12. The number of fused-ring (bicyclic) bond motifs is 1. The van der Waals surface area contributed by atoms with Crippen LogP contribution in [0.3, 0.4) is 0 Å². The van der Waals surface area contributed by atoms with E-state index in [0.717, 1.165) is 36.4 Å². The summed E-state index contributed by atoms with van der Waals surface area (Å²) in [7, 11) is 0. The van der Waals surface area contributed by atoms with E-state index in [0.29, 0.717) is 0 Å². The van der Waals surface area contributed by atoms with Crippen molar-refractivity contribution < 1.29 is 4.74 Å². The van der Waals surface area contributed by atoms with E-state index in [1.807, 2.05) is 0 Å². The topological polar surface area (TPSA) is 38.2 Å². The average Bonchev–Trinajstić information content (AvgIpc) is 3.01. The Balaban J connectivity index is 1.73. The summed E-state index contributed by atoms with van der Waals surface area (Å²) in [6, 6.07) is 6.44. The zero-order chi connectivity index (χ0) is 15.0. The highest BCUT2D eigenvalue weighted by atomic mass is 32.2. The third-order valence-corrected chi connectivity index (χ3v) is 5.57. The summed E-state index contributed by atoms with van der Waals surface area (Å²) in [5, 5.41) is 1.16. The minimum absolute atomic E-state index is 0.0621. The summed E-state index contributed by atoms with van der Waals surface area (Å²) in [4.78, 5) is 12.7. The van der Waals surface area contributed by atoms with E-state index in [1.165, 1.54) is 30.6 Å². The molecular weight excluding hydrogens is 294 g/mol. The van der Waals surface area contributed by atoms with Crippen LogP contribution >= 0.6 is 11.8 Å². The number of ether oxygens (including phenoxy) is 1. The molecule has 0 aliphatic carbocycles. The molecule has 4 rings (SSSR count). The second kappa shape index (κ2) is 5.70. The van der Waals surface area contributed by atoms with E-state index >= 15 is 0 Å². The van der Waals surface area contributed by atoms with Gasteiger partial charge in [-0.1, -0.05) is 0 Å². The molecule has 2 aliphatic heterocycles. The van der Waals surface area contributed by atoms with Crippen molar-refractivity contribution in [3.05, 3.63) is 24.5 Å². The monoisotopic (exact) mass is 315 g/mol. The Morgan fingerprint density at radius 2 is 2.14 bits per heavy atom. The van der Waals surface area contributed by atoms with Crippen LogP contribution < -0.4 is 4.90 Å². The number of thioether (sulfide) groups is 1. The fraction of sp³-hybridized carbons (Fsp3) is 0.529. The van der Waals surface area contributed by atoms with Gasteiger partial charge in [-0.25, -0.2) is 9.97 Å². The molecule has 5 heteroatoms. The van der Waals surface area contributed by atoms with Crippen molar-refractivity contribution in [1.82, 2.24) is 9.97 Å². The van der Waals surface area contributed by atoms with Crippen LogP contribution in [0.5, 0.6) is 0 Å². The van der Waals surface area contributed by atoms with Gasteiger partial charge in [0.1, 0.15) is 12.1 Å². The quantitative estimate of drug-likeness (QED) is 0.793. The summed E-state index contributed by atoms with van der Waals surface area (Å²) in [6.07, 6.45) is 8.52. The predicted octanol–water partition coefficient (Wildman–Crippen LogP) is 3.50. The predicted molar refractivity (Wildman–Crippen MR) is 90.7 cm³/mol. The smallest absolute Gasteiger partial charge is 0.140 e. The lowest BCUT2D eigenvalue weighted by atomic mass is 9.90. The maximum Gasteiger partial charge on any atom is 0.140 e. The Bertz CT molecular complexity index is 685. The maximum atomic E-state index is 6.10. The van der Waals surface area contributed by atoms with Crippen molar-refractivity contribution in [2.24, 2.45) is 0 Å². The van der Waals surface area contributed by atoms with Crippen molar-refractivity contribution in [1.29, 1.82) is 0 Å². The van der Waals surface area contributed by atoms with Crippen molar-refractivity contribution in [3.63, 3.8) is 0 Å². The Morgan fingerprint density at radius 3 is 2.95 bits per heavy atom. The first kappa shape index (κ1) is 14.3. The summed E-state index contributed by atoms with van der Waals surface area (Å²) in [5.41, 5.74) is 1.09. The van der Waals surface area contributed by atoms with Crippen molar-refractivity contribution in [2.45, 2.75) is 36.2 Å². The van der Waals surface area contributed by atoms with Gasteiger partial charge in [0.2, 0.25) is 0 Å². The molecule has 2 saturated heterocycles. The second-order valence-electron chi connectivity index (χ2n) is 6.24.